The van der Waals surface area contributed by atoms with E-state index in [1.54, 1.807) is 0 Å². The van der Waals surface area contributed by atoms with Gasteiger partial charge in [0.25, 0.3) is 0 Å². The molecule has 0 saturated heterocycles. The molecule has 2 heteroatoms. The molecule has 0 aromatic heterocycles. The van der Waals surface area contributed by atoms with Crippen LogP contribution < -0.4 is 0 Å². The first-order valence-electron chi connectivity index (χ1n) is 7.70. The first kappa shape index (κ1) is 24.8. The first-order chi connectivity index (χ1) is 9.40. The number of carbonyl (C=O) groups is 2. The van der Waals surface area contributed by atoms with Crippen molar-refractivity contribution < 1.29 is 9.59 Å². The highest BCUT2D eigenvalue weighted by Crippen LogP contribution is 2.06. The molecule has 21 heavy (non-hydrogen) atoms. The zero-order valence-corrected chi connectivity index (χ0v) is 14.1. The topological polar surface area (TPSA) is 34.1 Å². The summed E-state index contributed by atoms with van der Waals surface area (Å²) in [6.45, 7) is 11.9. The summed E-state index contributed by atoms with van der Waals surface area (Å²) < 4.78 is 0. The highest BCUT2D eigenvalue weighted by molar-refractivity contribution is 5.78. The first-order valence-corrected chi connectivity index (χ1v) is 7.70. The monoisotopic (exact) mass is 296 g/mol. The zero-order valence-electron chi connectivity index (χ0n) is 14.1. The highest BCUT2D eigenvalue weighted by Gasteiger charge is 2.03. The van der Waals surface area contributed by atoms with Crippen molar-refractivity contribution in [3.8, 4) is 0 Å². The fourth-order valence-electron chi connectivity index (χ4n) is 1.80. The van der Waals surface area contributed by atoms with Gasteiger partial charge in [-0.05, 0) is 25.7 Å². The van der Waals surface area contributed by atoms with Crippen LogP contribution in [0.25, 0.3) is 0 Å². The van der Waals surface area contributed by atoms with Crippen molar-refractivity contribution >= 4 is 11.6 Å². The van der Waals surface area contributed by atoms with E-state index in [1.807, 2.05) is 39.8 Å². The van der Waals surface area contributed by atoms with Crippen molar-refractivity contribution in [1.82, 2.24) is 0 Å². The molecule has 0 aliphatic rings. The number of ketones is 2. The molecule has 0 radical (unpaired) electrons. The van der Waals surface area contributed by atoms with E-state index in [4.69, 9.17) is 0 Å². The van der Waals surface area contributed by atoms with Crippen LogP contribution in [0.15, 0.2) is 24.3 Å². The molecule has 0 heterocycles. The van der Waals surface area contributed by atoms with Crippen LogP contribution in [-0.4, -0.2) is 11.6 Å². The van der Waals surface area contributed by atoms with Gasteiger partial charge in [-0.25, -0.2) is 0 Å². The molecule has 0 N–H and O–H groups in total. The summed E-state index contributed by atoms with van der Waals surface area (Å²) >= 11 is 0. The van der Waals surface area contributed by atoms with Gasteiger partial charge in [0.15, 0.2) is 0 Å². The fourth-order valence-corrected chi connectivity index (χ4v) is 1.80. The van der Waals surface area contributed by atoms with E-state index >= 15 is 0 Å². The Bertz CT molecular complexity index is 282. The number of rotatable bonds is 8. The van der Waals surface area contributed by atoms with Crippen LogP contribution in [0.3, 0.4) is 0 Å². The van der Waals surface area contributed by atoms with Gasteiger partial charge in [0, 0.05) is 25.7 Å². The second-order valence-corrected chi connectivity index (χ2v) is 5.20. The molecule has 0 aliphatic heterocycles. The van der Waals surface area contributed by atoms with E-state index in [0.717, 1.165) is 0 Å². The Balaban J connectivity index is -0.000000295. The van der Waals surface area contributed by atoms with Gasteiger partial charge in [-0.15, -0.1) is 0 Å². The van der Waals surface area contributed by atoms with E-state index in [-0.39, 0.29) is 7.43 Å². The molecule has 124 valence electrons. The normalized spacial score (nSPS) is 13.2. The Labute approximate surface area is 132 Å². The molecule has 0 bridgehead atoms. The molecular weight excluding hydrogens is 260 g/mol. The number of Topliss-reactive ketones (excluding diaryl/α,β-unsaturated/α-hetero) is 2. The quantitative estimate of drug-likeness (QED) is 0.533. The second kappa shape index (κ2) is 16.9. The maximum absolute atomic E-state index is 10.9. The van der Waals surface area contributed by atoms with Crippen molar-refractivity contribution in [3.05, 3.63) is 24.3 Å². The number of hydrogen-bond donors (Lipinski definition) is 0. The summed E-state index contributed by atoms with van der Waals surface area (Å²) in [4.78, 5) is 21.7. The van der Waals surface area contributed by atoms with Crippen LogP contribution in [0.5, 0.6) is 0 Å². The lowest BCUT2D eigenvalue weighted by Gasteiger charge is -2.01. The van der Waals surface area contributed by atoms with Crippen LogP contribution in [0.2, 0.25) is 0 Å². The van der Waals surface area contributed by atoms with Gasteiger partial charge in [-0.1, -0.05) is 59.4 Å². The third-order valence-corrected chi connectivity index (χ3v) is 2.93. The summed E-state index contributed by atoms with van der Waals surface area (Å²) in [5, 5.41) is 0. The molecule has 0 spiro atoms. The molecule has 0 aliphatic carbocycles. The van der Waals surface area contributed by atoms with Gasteiger partial charge in [0.2, 0.25) is 0 Å². The lowest BCUT2D eigenvalue weighted by atomic mass is 10.0. The number of hydrogen-bond acceptors (Lipinski definition) is 2. The van der Waals surface area contributed by atoms with Crippen molar-refractivity contribution in [2.75, 3.05) is 0 Å². The Kier molecular flexibility index (Phi) is 19.9. The molecule has 0 aromatic rings. The second-order valence-electron chi connectivity index (χ2n) is 5.20. The molecule has 0 amide bonds. The number of allylic oxidation sites excluding steroid dienone is 4. The van der Waals surface area contributed by atoms with Crippen LogP contribution >= 0.6 is 0 Å². The van der Waals surface area contributed by atoms with Crippen molar-refractivity contribution in [1.29, 1.82) is 0 Å². The van der Waals surface area contributed by atoms with Gasteiger partial charge in [-0.3, -0.25) is 9.59 Å². The molecule has 0 unspecified atom stereocenters. The third-order valence-electron chi connectivity index (χ3n) is 2.93. The Morgan fingerprint density at radius 2 is 1.10 bits per heavy atom. The van der Waals surface area contributed by atoms with Gasteiger partial charge >= 0.3 is 0 Å². The Morgan fingerprint density at radius 3 is 1.29 bits per heavy atom. The maximum Gasteiger partial charge on any atom is 0.133 e. The average molecular weight is 296 g/mol. The van der Waals surface area contributed by atoms with E-state index in [0.29, 0.717) is 49.1 Å². The van der Waals surface area contributed by atoms with Crippen molar-refractivity contribution in [2.24, 2.45) is 11.8 Å². The molecule has 0 rings (SSSR count). The maximum atomic E-state index is 10.9. The van der Waals surface area contributed by atoms with Gasteiger partial charge in [0.1, 0.15) is 11.6 Å². The van der Waals surface area contributed by atoms with Crippen molar-refractivity contribution in [3.63, 3.8) is 0 Å². The van der Waals surface area contributed by atoms with Crippen LogP contribution in [-0.2, 0) is 9.59 Å². The average Bonchev–Trinajstić information content (AvgIpc) is 2.39. The SMILES string of the molecule is C.CC=C[C@@H](C)CC(=O)CC.CC=C[C@@H](C)CC(=O)CC. The fraction of sp³-hybridized carbons (Fsp3) is 0.684. The summed E-state index contributed by atoms with van der Waals surface area (Å²) in [7, 11) is 0. The minimum atomic E-state index is 0. The van der Waals surface area contributed by atoms with Crippen molar-refractivity contribution in [2.45, 2.75) is 74.7 Å². The van der Waals surface area contributed by atoms with Gasteiger partial charge < -0.3 is 0 Å². The lowest BCUT2D eigenvalue weighted by Crippen LogP contribution is -2.01. The zero-order chi connectivity index (χ0) is 16.0. The van der Waals surface area contributed by atoms with Gasteiger partial charge in [-0.2, -0.15) is 0 Å². The highest BCUT2D eigenvalue weighted by atomic mass is 16.1. The van der Waals surface area contributed by atoms with E-state index < -0.39 is 0 Å². The summed E-state index contributed by atoms with van der Waals surface area (Å²) in [5.41, 5.74) is 0. The summed E-state index contributed by atoms with van der Waals surface area (Å²) in [5.74, 6) is 1.53. The molecule has 0 fully saturated rings. The molecule has 2 atom stereocenters. The Hall–Kier alpha value is -1.18. The van der Waals surface area contributed by atoms with E-state index in [1.165, 1.54) is 0 Å². The number of carbonyl (C=O) groups excluding carboxylic acids is 2. The van der Waals surface area contributed by atoms with E-state index in [9.17, 15) is 9.59 Å². The summed E-state index contributed by atoms with van der Waals surface area (Å²) in [6, 6.07) is 0. The third kappa shape index (κ3) is 18.8. The molecule has 0 aromatic carbocycles. The van der Waals surface area contributed by atoms with Crippen LogP contribution in [0.4, 0.5) is 0 Å². The van der Waals surface area contributed by atoms with Crippen LogP contribution in [0, 0.1) is 11.8 Å². The smallest absolute Gasteiger partial charge is 0.133 e. The minimum Gasteiger partial charge on any atom is -0.300 e. The van der Waals surface area contributed by atoms with E-state index in [2.05, 4.69) is 26.0 Å². The predicted molar refractivity (Wildman–Crippen MR) is 94.5 cm³/mol. The minimum absolute atomic E-state index is 0. The largest absolute Gasteiger partial charge is 0.300 e. The lowest BCUT2D eigenvalue weighted by molar-refractivity contribution is -0.120. The standard InChI is InChI=1S/2C9H16O.CH4/c2*1-4-6-8(3)7-9(10)5-2;/h2*4,6,8H,5,7H2,1-3H3;1H4/t2*8-;/m11./s1. The molecule has 0 saturated carbocycles. The Morgan fingerprint density at radius 1 is 0.810 bits per heavy atom. The molecule has 2 nitrogen and oxygen atoms in total. The van der Waals surface area contributed by atoms with Gasteiger partial charge in [0.05, 0.1) is 0 Å². The summed E-state index contributed by atoms with van der Waals surface area (Å²) in [6.07, 6.45) is 10.8. The predicted octanol–water partition coefficient (Wildman–Crippen LogP) is 5.77. The molecular formula is C19H36O2. The van der Waals surface area contributed by atoms with Crippen LogP contribution in [0.1, 0.15) is 74.7 Å².